The summed E-state index contributed by atoms with van der Waals surface area (Å²) in [6.45, 7) is 1.41. The van der Waals surface area contributed by atoms with Crippen molar-refractivity contribution in [1.82, 2.24) is 4.90 Å². The van der Waals surface area contributed by atoms with E-state index in [-0.39, 0.29) is 17.4 Å². The van der Waals surface area contributed by atoms with E-state index in [1.54, 1.807) is 12.1 Å². The molecule has 22 heavy (non-hydrogen) atoms. The van der Waals surface area contributed by atoms with E-state index >= 15 is 0 Å². The number of hydrogen-bond donors (Lipinski definition) is 0. The molecule has 0 spiro atoms. The van der Waals surface area contributed by atoms with Crippen molar-refractivity contribution in [3.05, 3.63) is 35.6 Å². The standard InChI is InChI=1S/C17H18FN3O/c1-2-3-9-17(19-20-17)10-8-16(22)21-11-14(12-21)13-4-6-15(18)7-5-13/h1,4-7,14H,3,8-12H2. The second-order valence-corrected chi connectivity index (χ2v) is 5.93. The Labute approximate surface area is 129 Å². The van der Waals surface area contributed by atoms with Crippen molar-refractivity contribution in [2.45, 2.75) is 37.3 Å². The minimum Gasteiger partial charge on any atom is -0.341 e. The maximum atomic E-state index is 12.9. The number of carbonyl (C=O) groups is 1. The van der Waals surface area contributed by atoms with Gasteiger partial charge in [-0.15, -0.1) is 12.3 Å². The molecular formula is C17H18FN3O. The van der Waals surface area contributed by atoms with E-state index in [0.717, 1.165) is 12.0 Å². The third kappa shape index (κ3) is 3.16. The fourth-order valence-electron chi connectivity index (χ4n) is 2.76. The number of nitrogens with zero attached hydrogens (tertiary/aromatic N) is 3. The van der Waals surface area contributed by atoms with Gasteiger partial charge in [0.15, 0.2) is 5.66 Å². The Morgan fingerprint density at radius 3 is 2.59 bits per heavy atom. The van der Waals surface area contributed by atoms with Crippen LogP contribution in [-0.4, -0.2) is 29.6 Å². The second-order valence-electron chi connectivity index (χ2n) is 5.93. The molecule has 1 amide bonds. The molecule has 0 atom stereocenters. The SMILES string of the molecule is C#CCCC1(CCC(=O)N2CC(c3ccc(F)cc3)C2)N=N1. The minimum absolute atomic E-state index is 0.135. The third-order valence-corrected chi connectivity index (χ3v) is 4.37. The largest absolute Gasteiger partial charge is 0.341 e. The molecule has 114 valence electrons. The number of likely N-dealkylation sites (tertiary alicyclic amines) is 1. The Morgan fingerprint density at radius 2 is 2.00 bits per heavy atom. The molecule has 0 aliphatic carbocycles. The van der Waals surface area contributed by atoms with E-state index in [1.165, 1.54) is 12.1 Å². The molecule has 4 nitrogen and oxygen atoms in total. The van der Waals surface area contributed by atoms with Crippen molar-refractivity contribution in [3.63, 3.8) is 0 Å². The van der Waals surface area contributed by atoms with Crippen LogP contribution in [0.3, 0.4) is 0 Å². The van der Waals surface area contributed by atoms with Crippen molar-refractivity contribution in [2.75, 3.05) is 13.1 Å². The van der Waals surface area contributed by atoms with Crippen molar-refractivity contribution < 1.29 is 9.18 Å². The molecule has 0 unspecified atom stereocenters. The monoisotopic (exact) mass is 299 g/mol. The normalized spacial score (nSPS) is 18.6. The number of benzene rings is 1. The number of terminal acetylenes is 1. The smallest absolute Gasteiger partial charge is 0.222 e. The average Bonchev–Trinajstić information content (AvgIpc) is 3.24. The molecule has 0 radical (unpaired) electrons. The molecule has 0 bridgehead atoms. The zero-order valence-electron chi connectivity index (χ0n) is 12.3. The summed E-state index contributed by atoms with van der Waals surface area (Å²) in [5.41, 5.74) is 0.701. The summed E-state index contributed by atoms with van der Waals surface area (Å²) < 4.78 is 12.9. The molecule has 1 aromatic rings. The average molecular weight is 299 g/mol. The minimum atomic E-state index is -0.386. The first kappa shape index (κ1) is 14.7. The molecule has 3 rings (SSSR count). The molecule has 0 N–H and O–H groups in total. The lowest BCUT2D eigenvalue weighted by Crippen LogP contribution is -2.48. The fraction of sp³-hybridized carbons (Fsp3) is 0.471. The van der Waals surface area contributed by atoms with Crippen LogP contribution < -0.4 is 0 Å². The highest BCUT2D eigenvalue weighted by atomic mass is 19.1. The van der Waals surface area contributed by atoms with Crippen LogP contribution in [0.25, 0.3) is 0 Å². The first-order valence-electron chi connectivity index (χ1n) is 7.53. The van der Waals surface area contributed by atoms with E-state index in [1.807, 2.05) is 4.90 Å². The van der Waals surface area contributed by atoms with E-state index < -0.39 is 0 Å². The van der Waals surface area contributed by atoms with Crippen molar-refractivity contribution in [1.29, 1.82) is 0 Å². The highest BCUT2D eigenvalue weighted by Gasteiger charge is 2.40. The number of amides is 1. The van der Waals surface area contributed by atoms with Gasteiger partial charge in [-0.25, -0.2) is 4.39 Å². The molecular weight excluding hydrogens is 281 g/mol. The molecule has 1 fully saturated rings. The van der Waals surface area contributed by atoms with E-state index in [0.29, 0.717) is 38.3 Å². The van der Waals surface area contributed by atoms with Gasteiger partial charge in [0.05, 0.1) is 0 Å². The molecule has 5 heteroatoms. The van der Waals surface area contributed by atoms with E-state index in [4.69, 9.17) is 6.42 Å². The van der Waals surface area contributed by atoms with Gasteiger partial charge >= 0.3 is 0 Å². The van der Waals surface area contributed by atoms with Crippen molar-refractivity contribution >= 4 is 5.91 Å². The quantitative estimate of drug-likeness (QED) is 0.744. The lowest BCUT2D eigenvalue weighted by atomic mass is 9.90. The molecule has 0 aromatic heterocycles. The molecule has 2 heterocycles. The van der Waals surface area contributed by atoms with Gasteiger partial charge in [-0.2, -0.15) is 10.2 Å². The van der Waals surface area contributed by atoms with Crippen LogP contribution in [0.4, 0.5) is 4.39 Å². The van der Waals surface area contributed by atoms with Crippen LogP contribution in [0.1, 0.15) is 37.2 Å². The Kier molecular flexibility index (Phi) is 3.93. The van der Waals surface area contributed by atoms with Gasteiger partial charge in [0.1, 0.15) is 5.82 Å². The fourth-order valence-corrected chi connectivity index (χ4v) is 2.76. The van der Waals surface area contributed by atoms with Crippen LogP contribution in [0.15, 0.2) is 34.5 Å². The summed E-state index contributed by atoms with van der Waals surface area (Å²) in [5.74, 6) is 2.80. The zero-order chi connectivity index (χ0) is 15.6. The first-order valence-corrected chi connectivity index (χ1v) is 7.53. The van der Waals surface area contributed by atoms with Gasteiger partial charge < -0.3 is 4.90 Å². The summed E-state index contributed by atoms with van der Waals surface area (Å²) in [5, 5.41) is 8.08. The molecule has 0 saturated carbocycles. The Bertz CT molecular complexity index is 620. The van der Waals surface area contributed by atoms with Gasteiger partial charge in [0, 0.05) is 44.7 Å². The van der Waals surface area contributed by atoms with Gasteiger partial charge in [0.25, 0.3) is 0 Å². The maximum Gasteiger partial charge on any atom is 0.222 e. The molecule has 2 aliphatic heterocycles. The van der Waals surface area contributed by atoms with Crippen molar-refractivity contribution in [2.24, 2.45) is 10.2 Å². The van der Waals surface area contributed by atoms with E-state index in [2.05, 4.69) is 16.1 Å². The summed E-state index contributed by atoms with van der Waals surface area (Å²) in [6, 6.07) is 6.51. The van der Waals surface area contributed by atoms with Crippen LogP contribution in [0.2, 0.25) is 0 Å². The van der Waals surface area contributed by atoms with Crippen LogP contribution in [-0.2, 0) is 4.79 Å². The van der Waals surface area contributed by atoms with Crippen LogP contribution in [0.5, 0.6) is 0 Å². The predicted octanol–water partition coefficient (Wildman–Crippen LogP) is 3.11. The van der Waals surface area contributed by atoms with E-state index in [9.17, 15) is 9.18 Å². The van der Waals surface area contributed by atoms with Gasteiger partial charge in [-0.05, 0) is 17.7 Å². The summed E-state index contributed by atoms with van der Waals surface area (Å²) >= 11 is 0. The number of halogens is 1. The van der Waals surface area contributed by atoms with Gasteiger partial charge in [-0.3, -0.25) is 4.79 Å². The van der Waals surface area contributed by atoms with Crippen LogP contribution in [0, 0.1) is 18.2 Å². The molecule has 1 aromatic carbocycles. The summed E-state index contributed by atoms with van der Waals surface area (Å²) in [4.78, 5) is 14.0. The Hall–Kier alpha value is -2.22. The zero-order valence-corrected chi connectivity index (χ0v) is 12.3. The lowest BCUT2D eigenvalue weighted by molar-refractivity contribution is -0.135. The molecule has 1 saturated heterocycles. The Balaban J connectivity index is 1.42. The topological polar surface area (TPSA) is 45.0 Å². The van der Waals surface area contributed by atoms with Crippen LogP contribution >= 0.6 is 0 Å². The van der Waals surface area contributed by atoms with Gasteiger partial charge in [0.2, 0.25) is 5.91 Å². The molecule has 2 aliphatic rings. The van der Waals surface area contributed by atoms with Gasteiger partial charge in [-0.1, -0.05) is 12.1 Å². The highest BCUT2D eigenvalue weighted by molar-refractivity contribution is 5.77. The third-order valence-electron chi connectivity index (χ3n) is 4.37. The summed E-state index contributed by atoms with van der Waals surface area (Å²) in [6.07, 6.45) is 7.71. The Morgan fingerprint density at radius 1 is 1.32 bits per heavy atom. The number of rotatable bonds is 6. The number of hydrogen-bond acceptors (Lipinski definition) is 3. The van der Waals surface area contributed by atoms with Crippen molar-refractivity contribution in [3.8, 4) is 12.3 Å². The first-order chi connectivity index (χ1) is 10.6. The maximum absolute atomic E-state index is 12.9. The second kappa shape index (κ2) is 5.88. The lowest BCUT2D eigenvalue weighted by Gasteiger charge is -2.39. The number of carbonyl (C=O) groups excluding carboxylic acids is 1. The summed E-state index contributed by atoms with van der Waals surface area (Å²) in [7, 11) is 0. The highest BCUT2D eigenvalue weighted by Crippen LogP contribution is 2.38. The predicted molar refractivity (Wildman–Crippen MR) is 80.6 cm³/mol.